The first-order valence-corrected chi connectivity index (χ1v) is 9.05. The van der Waals surface area contributed by atoms with Crippen LogP contribution >= 0.6 is 0 Å². The molecule has 0 amide bonds. The third-order valence-electron chi connectivity index (χ3n) is 5.06. The Balaban J connectivity index is 1.72. The minimum absolute atomic E-state index is 0.451. The van der Waals surface area contributed by atoms with Crippen molar-refractivity contribution in [2.24, 2.45) is 0 Å². The highest BCUT2D eigenvalue weighted by atomic mass is 16.3. The summed E-state index contributed by atoms with van der Waals surface area (Å²) in [4.78, 5) is 2.36. The molecule has 0 aliphatic carbocycles. The fourth-order valence-corrected chi connectivity index (χ4v) is 3.78. The summed E-state index contributed by atoms with van der Waals surface area (Å²) < 4.78 is 0. The van der Waals surface area contributed by atoms with Gasteiger partial charge >= 0.3 is 0 Å². The summed E-state index contributed by atoms with van der Waals surface area (Å²) >= 11 is 0. The number of rotatable bonds is 4. The van der Waals surface area contributed by atoms with Crippen molar-refractivity contribution in [1.29, 1.82) is 0 Å². The van der Waals surface area contributed by atoms with Gasteiger partial charge in [0.1, 0.15) is 0 Å². The molecule has 2 N–H and O–H groups in total. The van der Waals surface area contributed by atoms with E-state index in [-0.39, 0.29) is 0 Å². The van der Waals surface area contributed by atoms with Crippen molar-refractivity contribution in [3.63, 3.8) is 0 Å². The Morgan fingerprint density at radius 1 is 0.960 bits per heavy atom. The topological polar surface area (TPSA) is 35.5 Å². The average molecular weight is 332 g/mol. The lowest BCUT2D eigenvalue weighted by Gasteiger charge is -2.22. The highest BCUT2D eigenvalue weighted by Crippen LogP contribution is 2.31. The van der Waals surface area contributed by atoms with Crippen molar-refractivity contribution in [2.45, 2.75) is 18.9 Å². The first kappa shape index (κ1) is 16.1. The Hall–Kier alpha value is -2.36. The maximum Gasteiger partial charge on any atom is 0.0922 e. The number of likely N-dealkylation sites (tertiary alicyclic amines) is 1. The molecule has 1 saturated heterocycles. The number of β-amino-alcohol motifs (C(OH)–C–C–N with tert-alkyl or cyclic N) is 1. The number of hydrogen-bond acceptors (Lipinski definition) is 3. The molecule has 0 radical (unpaired) electrons. The van der Waals surface area contributed by atoms with Crippen LogP contribution in [0.25, 0.3) is 16.5 Å². The summed E-state index contributed by atoms with van der Waals surface area (Å²) in [6.07, 6.45) is 12.1. The highest BCUT2D eigenvalue weighted by molar-refractivity contribution is 5.96. The fourth-order valence-electron chi connectivity index (χ4n) is 3.78. The molecule has 4 rings (SSSR count). The summed E-state index contributed by atoms with van der Waals surface area (Å²) in [5, 5.41) is 16.5. The second kappa shape index (κ2) is 7.26. The minimum atomic E-state index is -0.451. The summed E-state index contributed by atoms with van der Waals surface area (Å²) in [6, 6.07) is 12.6. The van der Waals surface area contributed by atoms with Gasteiger partial charge in [-0.1, -0.05) is 48.6 Å². The number of aliphatic hydroxyl groups is 1. The van der Waals surface area contributed by atoms with Crippen LogP contribution in [0.5, 0.6) is 0 Å². The predicted octanol–water partition coefficient (Wildman–Crippen LogP) is 3.98. The molecule has 1 unspecified atom stereocenters. The van der Waals surface area contributed by atoms with Gasteiger partial charge in [-0.25, -0.2) is 0 Å². The van der Waals surface area contributed by atoms with Crippen molar-refractivity contribution in [3.8, 4) is 0 Å². The molecule has 2 aromatic rings. The quantitative estimate of drug-likeness (QED) is 0.889. The first-order valence-electron chi connectivity index (χ1n) is 9.05. The van der Waals surface area contributed by atoms with Gasteiger partial charge in [-0.05, 0) is 54.4 Å². The lowest BCUT2D eigenvalue weighted by molar-refractivity contribution is 0.127. The molecule has 0 aromatic heterocycles. The third kappa shape index (κ3) is 3.39. The van der Waals surface area contributed by atoms with E-state index in [2.05, 4.69) is 46.6 Å². The molecule has 0 spiro atoms. The van der Waals surface area contributed by atoms with E-state index in [1.165, 1.54) is 18.2 Å². The van der Waals surface area contributed by atoms with Crippen molar-refractivity contribution in [1.82, 2.24) is 10.2 Å². The molecule has 128 valence electrons. The van der Waals surface area contributed by atoms with E-state index in [0.29, 0.717) is 0 Å². The Labute approximate surface area is 149 Å². The fraction of sp³-hybridized carbons (Fsp3) is 0.273. The lowest BCUT2D eigenvalue weighted by atomic mass is 9.94. The van der Waals surface area contributed by atoms with E-state index in [1.54, 1.807) is 0 Å². The second-order valence-electron chi connectivity index (χ2n) is 6.74. The van der Waals surface area contributed by atoms with Crippen LogP contribution in [0.1, 0.15) is 30.1 Å². The van der Waals surface area contributed by atoms with Gasteiger partial charge in [-0.15, -0.1) is 0 Å². The smallest absolute Gasteiger partial charge is 0.0922 e. The molecule has 2 aromatic carbocycles. The van der Waals surface area contributed by atoms with Crippen LogP contribution in [0.2, 0.25) is 0 Å². The van der Waals surface area contributed by atoms with Crippen LogP contribution in [0.4, 0.5) is 0 Å². The van der Waals surface area contributed by atoms with Gasteiger partial charge in [0, 0.05) is 24.0 Å². The SMILES string of the molecule is OC(CN1CCCC1)c1ccc(C2=CC=CC=CN2)c2ccccc12. The van der Waals surface area contributed by atoms with Crippen molar-refractivity contribution in [2.75, 3.05) is 19.6 Å². The maximum absolute atomic E-state index is 10.8. The predicted molar refractivity (Wildman–Crippen MR) is 104 cm³/mol. The summed E-state index contributed by atoms with van der Waals surface area (Å²) in [7, 11) is 0. The highest BCUT2D eigenvalue weighted by Gasteiger charge is 2.19. The van der Waals surface area contributed by atoms with Crippen LogP contribution in [-0.4, -0.2) is 29.6 Å². The number of nitrogens with one attached hydrogen (secondary N) is 1. The molecule has 1 atom stereocenters. The van der Waals surface area contributed by atoms with Gasteiger partial charge in [0.05, 0.1) is 6.10 Å². The van der Waals surface area contributed by atoms with E-state index in [9.17, 15) is 5.11 Å². The Kier molecular flexibility index (Phi) is 4.68. The van der Waals surface area contributed by atoms with Gasteiger partial charge in [0.15, 0.2) is 0 Å². The van der Waals surface area contributed by atoms with Crippen LogP contribution in [0.15, 0.2) is 66.9 Å². The zero-order valence-electron chi connectivity index (χ0n) is 14.4. The van der Waals surface area contributed by atoms with Crippen LogP contribution < -0.4 is 5.32 Å². The summed E-state index contributed by atoms with van der Waals surface area (Å²) in [6.45, 7) is 2.92. The van der Waals surface area contributed by atoms with Crippen molar-refractivity contribution >= 4 is 16.5 Å². The van der Waals surface area contributed by atoms with Crippen molar-refractivity contribution in [3.05, 3.63) is 78.0 Å². The van der Waals surface area contributed by atoms with Crippen LogP contribution in [0, 0.1) is 0 Å². The Morgan fingerprint density at radius 2 is 1.76 bits per heavy atom. The molecule has 2 aliphatic heterocycles. The molecular weight excluding hydrogens is 308 g/mol. The third-order valence-corrected chi connectivity index (χ3v) is 5.06. The number of benzene rings is 2. The molecular formula is C22H24N2O. The van der Waals surface area contributed by atoms with Gasteiger partial charge in [0.25, 0.3) is 0 Å². The number of nitrogens with zero attached hydrogens (tertiary/aromatic N) is 1. The summed E-state index contributed by atoms with van der Waals surface area (Å²) in [5.41, 5.74) is 3.25. The van der Waals surface area contributed by atoms with Gasteiger partial charge < -0.3 is 15.3 Å². The molecule has 3 nitrogen and oxygen atoms in total. The normalized spacial score (nSPS) is 18.8. The monoisotopic (exact) mass is 332 g/mol. The molecule has 25 heavy (non-hydrogen) atoms. The molecule has 2 heterocycles. The molecule has 0 saturated carbocycles. The standard InChI is InChI=1S/C22H24N2O/c25-22(16-24-14-6-7-15-24)20-12-11-19(17-8-3-4-9-18(17)20)21-10-2-1-5-13-23-21/h1-5,8-13,22-23,25H,6-7,14-16H2. The number of fused-ring (bicyclic) bond motifs is 1. The molecule has 0 bridgehead atoms. The van der Waals surface area contributed by atoms with Crippen LogP contribution in [0.3, 0.4) is 0 Å². The van der Waals surface area contributed by atoms with E-state index in [4.69, 9.17) is 0 Å². The van der Waals surface area contributed by atoms with Crippen molar-refractivity contribution < 1.29 is 5.11 Å². The maximum atomic E-state index is 10.8. The number of hydrogen-bond donors (Lipinski definition) is 2. The average Bonchev–Trinajstić information content (AvgIpc) is 3.00. The number of aliphatic hydroxyl groups excluding tert-OH is 1. The van der Waals surface area contributed by atoms with E-state index >= 15 is 0 Å². The molecule has 2 aliphatic rings. The molecule has 1 fully saturated rings. The minimum Gasteiger partial charge on any atom is -0.387 e. The van der Waals surface area contributed by atoms with Gasteiger partial charge in [-0.2, -0.15) is 0 Å². The van der Waals surface area contributed by atoms with Gasteiger partial charge in [0.2, 0.25) is 0 Å². The van der Waals surface area contributed by atoms with E-state index in [0.717, 1.165) is 41.8 Å². The lowest BCUT2D eigenvalue weighted by Crippen LogP contribution is -2.25. The second-order valence-corrected chi connectivity index (χ2v) is 6.74. The zero-order chi connectivity index (χ0) is 17.1. The Morgan fingerprint density at radius 3 is 2.60 bits per heavy atom. The summed E-state index contributed by atoms with van der Waals surface area (Å²) in [5.74, 6) is 0. The first-order chi connectivity index (χ1) is 12.3. The Bertz CT molecular complexity index is 844. The van der Waals surface area contributed by atoms with E-state index < -0.39 is 6.10 Å². The zero-order valence-corrected chi connectivity index (χ0v) is 14.4. The molecule has 3 heteroatoms. The number of allylic oxidation sites excluding steroid dienone is 4. The van der Waals surface area contributed by atoms with E-state index in [1.807, 2.05) is 30.5 Å². The van der Waals surface area contributed by atoms with Gasteiger partial charge in [-0.3, -0.25) is 0 Å². The largest absolute Gasteiger partial charge is 0.387 e. The van der Waals surface area contributed by atoms with Crippen LogP contribution in [-0.2, 0) is 0 Å².